The number of benzene rings is 3. The Kier molecular flexibility index (Phi) is 6.70. The number of imide groups is 1. The van der Waals surface area contributed by atoms with Crippen LogP contribution in [0, 0.1) is 46.6 Å². The number of hydrogen-bond acceptors (Lipinski definition) is 8. The van der Waals surface area contributed by atoms with E-state index in [9.17, 15) is 24.5 Å². The van der Waals surface area contributed by atoms with Gasteiger partial charge in [-0.2, -0.15) is 0 Å². The molecule has 4 aliphatic rings. The lowest BCUT2D eigenvalue weighted by atomic mass is 9.68. The summed E-state index contributed by atoms with van der Waals surface area (Å²) in [6, 6.07) is 19.3. The molecule has 1 saturated heterocycles. The number of H-pyrrole nitrogens is 1. The third-order valence-corrected chi connectivity index (χ3v) is 12.7. The second-order valence-electron chi connectivity index (χ2n) is 12.2. The molecular formula is C33H26ClN3O6S2. The van der Waals surface area contributed by atoms with E-state index in [0.29, 0.717) is 23.1 Å². The van der Waals surface area contributed by atoms with Crippen LogP contribution in [0.15, 0.2) is 76.6 Å². The van der Waals surface area contributed by atoms with Crippen molar-refractivity contribution in [2.75, 3.05) is 4.90 Å². The SMILES string of the molecule is Cc1ccc(COc2ccc(Cl)cc2[C@@H]2c3sc(=O)[nH]c3S[C@@H]3[C@@H]4C[C@@H]([C@@H]5C(=O)N(c6ccc([N+](=O)[O-])cc6)C(=O)[C@@H]45)[C@@H]23)cc1. The summed E-state index contributed by atoms with van der Waals surface area (Å²) in [5.74, 6) is -1.28. The molecule has 8 rings (SSSR count). The summed E-state index contributed by atoms with van der Waals surface area (Å²) >= 11 is 9.39. The molecule has 1 aromatic heterocycles. The number of fused-ring (bicyclic) bond motifs is 9. The van der Waals surface area contributed by atoms with Crippen molar-refractivity contribution >= 4 is 57.9 Å². The molecule has 2 aliphatic carbocycles. The number of nitrogens with zero attached hydrogens (tertiary/aromatic N) is 2. The largest absolute Gasteiger partial charge is 0.489 e. The average molecular weight is 660 g/mol. The molecule has 3 heterocycles. The number of carbonyl (C=O) groups is 2. The Hall–Kier alpha value is -3.93. The number of aryl methyl sites for hydroxylation is 1. The number of aromatic amines is 1. The molecule has 2 bridgehead atoms. The number of rotatable bonds is 6. The van der Waals surface area contributed by atoms with Gasteiger partial charge in [0.15, 0.2) is 0 Å². The quantitative estimate of drug-likeness (QED) is 0.141. The molecule has 2 saturated carbocycles. The summed E-state index contributed by atoms with van der Waals surface area (Å²) in [6.45, 7) is 2.39. The van der Waals surface area contributed by atoms with Crippen LogP contribution in [0.5, 0.6) is 5.75 Å². The van der Waals surface area contributed by atoms with E-state index in [4.69, 9.17) is 16.3 Å². The molecule has 45 heavy (non-hydrogen) atoms. The maximum Gasteiger partial charge on any atom is 0.305 e. The van der Waals surface area contributed by atoms with Gasteiger partial charge in [0.25, 0.3) is 5.69 Å². The van der Waals surface area contributed by atoms with Crippen LogP contribution in [-0.2, 0) is 16.2 Å². The van der Waals surface area contributed by atoms with Crippen LogP contribution in [0.4, 0.5) is 11.4 Å². The van der Waals surface area contributed by atoms with Crippen molar-refractivity contribution in [3.8, 4) is 5.75 Å². The van der Waals surface area contributed by atoms with Crippen molar-refractivity contribution in [2.24, 2.45) is 29.6 Å². The molecule has 2 amide bonds. The number of anilines is 1. The monoisotopic (exact) mass is 659 g/mol. The Morgan fingerprint density at radius 3 is 2.42 bits per heavy atom. The van der Waals surface area contributed by atoms with Gasteiger partial charge in [-0.3, -0.25) is 29.4 Å². The zero-order valence-corrected chi connectivity index (χ0v) is 26.2. The molecular weight excluding hydrogens is 634 g/mol. The predicted octanol–water partition coefficient (Wildman–Crippen LogP) is 6.56. The number of thiazole rings is 1. The number of nitro groups is 1. The van der Waals surface area contributed by atoms with Gasteiger partial charge in [0, 0.05) is 38.8 Å². The Morgan fingerprint density at radius 2 is 1.71 bits per heavy atom. The summed E-state index contributed by atoms with van der Waals surface area (Å²) in [5, 5.41) is 12.5. The van der Waals surface area contributed by atoms with Crippen LogP contribution in [0.25, 0.3) is 0 Å². The number of halogens is 1. The first kappa shape index (κ1) is 28.5. The maximum atomic E-state index is 14.0. The van der Waals surface area contributed by atoms with Crippen LogP contribution >= 0.6 is 34.7 Å². The number of nitro benzene ring substituents is 1. The van der Waals surface area contributed by atoms with Gasteiger partial charge in [0.2, 0.25) is 11.8 Å². The lowest BCUT2D eigenvalue weighted by Crippen LogP contribution is -2.42. The van der Waals surface area contributed by atoms with Crippen LogP contribution in [-0.4, -0.2) is 27.0 Å². The highest BCUT2D eigenvalue weighted by Crippen LogP contribution is 2.69. The van der Waals surface area contributed by atoms with Crippen molar-refractivity contribution < 1.29 is 19.2 Å². The fraction of sp³-hybridized carbons (Fsp3) is 0.303. The minimum Gasteiger partial charge on any atom is -0.489 e. The standard InChI is InChI=1S/C33H26ClN3O6S2/c1-15-2-4-16(5-3-15)14-43-23-11-6-17(34)12-20(23)24-25-21-13-22(28(25)44-30-29(24)45-33(40)35-30)27-26(21)31(38)36(32(27)39)18-7-9-19(10-8-18)37(41)42/h2-12,21-22,24-28H,13-14H2,1H3,(H,35,40)/t21-,22-,24+,25+,26+,27+,28-/m1/s1. The van der Waals surface area contributed by atoms with Crippen molar-refractivity contribution in [2.45, 2.75) is 36.1 Å². The minimum atomic E-state index is -0.508. The lowest BCUT2D eigenvalue weighted by molar-refractivity contribution is -0.384. The minimum absolute atomic E-state index is 0.00325. The first-order chi connectivity index (χ1) is 21.7. The molecule has 0 radical (unpaired) electrons. The molecule has 2 aliphatic heterocycles. The van der Waals surface area contributed by atoms with Gasteiger partial charge in [-0.15, -0.1) is 11.8 Å². The second-order valence-corrected chi connectivity index (χ2v) is 14.8. The molecule has 3 aromatic carbocycles. The van der Waals surface area contributed by atoms with E-state index in [1.807, 2.05) is 43.3 Å². The van der Waals surface area contributed by atoms with Gasteiger partial charge in [0.1, 0.15) is 12.4 Å². The lowest BCUT2D eigenvalue weighted by Gasteiger charge is -2.43. The summed E-state index contributed by atoms with van der Waals surface area (Å²) < 4.78 is 6.42. The molecule has 1 N–H and O–H groups in total. The number of carbonyl (C=O) groups excluding carboxylic acids is 2. The molecule has 0 spiro atoms. The Bertz CT molecular complexity index is 1940. The molecule has 228 valence electrons. The van der Waals surface area contributed by atoms with E-state index >= 15 is 0 Å². The number of nitrogens with one attached hydrogen (secondary N) is 1. The smallest absolute Gasteiger partial charge is 0.305 e. The first-order valence-electron chi connectivity index (χ1n) is 14.7. The normalized spacial score (nSPS) is 27.8. The summed E-state index contributed by atoms with van der Waals surface area (Å²) in [5.41, 5.74) is 3.30. The number of aromatic nitrogens is 1. The Balaban J connectivity index is 1.18. The van der Waals surface area contributed by atoms with E-state index in [2.05, 4.69) is 4.98 Å². The van der Waals surface area contributed by atoms with Gasteiger partial charge >= 0.3 is 4.87 Å². The van der Waals surface area contributed by atoms with E-state index in [1.165, 1.54) is 40.5 Å². The van der Waals surface area contributed by atoms with E-state index in [1.54, 1.807) is 17.8 Å². The number of hydrogen-bond donors (Lipinski definition) is 1. The maximum absolute atomic E-state index is 14.0. The first-order valence-corrected chi connectivity index (χ1v) is 16.8. The number of ether oxygens (including phenoxy) is 1. The van der Waals surface area contributed by atoms with Crippen LogP contribution in [0.1, 0.15) is 33.9 Å². The Labute approximate surface area is 270 Å². The van der Waals surface area contributed by atoms with Crippen molar-refractivity contribution in [1.82, 2.24) is 4.98 Å². The van der Waals surface area contributed by atoms with E-state index in [0.717, 1.165) is 33.0 Å². The number of amides is 2. The van der Waals surface area contributed by atoms with Gasteiger partial charge in [0.05, 0.1) is 27.5 Å². The molecule has 0 unspecified atom stereocenters. The van der Waals surface area contributed by atoms with Gasteiger partial charge in [-0.1, -0.05) is 52.8 Å². The second kappa shape index (κ2) is 10.6. The van der Waals surface area contributed by atoms with Crippen LogP contribution in [0.3, 0.4) is 0 Å². The van der Waals surface area contributed by atoms with Crippen LogP contribution in [0.2, 0.25) is 5.02 Å². The molecule has 7 atom stereocenters. The number of non-ortho nitro benzene ring substituents is 1. The summed E-state index contributed by atoms with van der Waals surface area (Å²) in [4.78, 5) is 56.3. The highest BCUT2D eigenvalue weighted by Gasteiger charge is 2.69. The molecule has 3 fully saturated rings. The van der Waals surface area contributed by atoms with Crippen molar-refractivity contribution in [3.05, 3.63) is 113 Å². The molecule has 9 nitrogen and oxygen atoms in total. The van der Waals surface area contributed by atoms with E-state index < -0.39 is 16.8 Å². The fourth-order valence-corrected chi connectivity index (χ4v) is 11.1. The van der Waals surface area contributed by atoms with Gasteiger partial charge in [-0.05, 0) is 67.0 Å². The zero-order chi connectivity index (χ0) is 31.1. The highest BCUT2D eigenvalue weighted by molar-refractivity contribution is 8.00. The van der Waals surface area contributed by atoms with E-state index in [-0.39, 0.29) is 51.3 Å². The fourth-order valence-electron chi connectivity index (χ4n) is 8.08. The summed E-state index contributed by atoms with van der Waals surface area (Å²) in [7, 11) is 0. The molecule has 4 aromatic rings. The van der Waals surface area contributed by atoms with Gasteiger partial charge < -0.3 is 9.72 Å². The topological polar surface area (TPSA) is 123 Å². The average Bonchev–Trinajstić information content (AvgIpc) is 3.76. The predicted molar refractivity (Wildman–Crippen MR) is 171 cm³/mol. The third-order valence-electron chi connectivity index (χ3n) is 9.86. The summed E-state index contributed by atoms with van der Waals surface area (Å²) in [6.07, 6.45) is 0.735. The zero-order valence-electron chi connectivity index (χ0n) is 23.8. The van der Waals surface area contributed by atoms with Crippen molar-refractivity contribution in [3.63, 3.8) is 0 Å². The van der Waals surface area contributed by atoms with Gasteiger partial charge in [-0.25, -0.2) is 0 Å². The third kappa shape index (κ3) is 4.46. The van der Waals surface area contributed by atoms with Crippen LogP contribution < -0.4 is 14.5 Å². The Morgan fingerprint density at radius 1 is 1.00 bits per heavy atom. The highest BCUT2D eigenvalue weighted by atomic mass is 35.5. The number of thioether (sulfide) groups is 1. The molecule has 12 heteroatoms. The van der Waals surface area contributed by atoms with Crippen molar-refractivity contribution in [1.29, 1.82) is 0 Å².